The van der Waals surface area contributed by atoms with E-state index in [0.29, 0.717) is 11.3 Å². The molecule has 1 saturated heterocycles. The van der Waals surface area contributed by atoms with Crippen molar-refractivity contribution in [3.8, 4) is 0 Å². The standard InChI is InChI=1S/C15H14ClN3O6S/c1-24-15(17)13(21)18-11(10(16)7-26-14(15)18)12(20)25-6-8-2-4-9(5-3-8)19(22)23/h2-5,14H,6-7,17H2,1H3/t14-,15?/m0/s1. The first-order valence-corrected chi connectivity index (χ1v) is 8.80. The summed E-state index contributed by atoms with van der Waals surface area (Å²) in [7, 11) is 1.32. The van der Waals surface area contributed by atoms with E-state index >= 15 is 0 Å². The summed E-state index contributed by atoms with van der Waals surface area (Å²) in [6.07, 6.45) is 0. The molecule has 1 aromatic rings. The van der Waals surface area contributed by atoms with E-state index in [9.17, 15) is 19.7 Å². The van der Waals surface area contributed by atoms with Gasteiger partial charge in [0.15, 0.2) is 0 Å². The number of thioether (sulfide) groups is 1. The highest BCUT2D eigenvalue weighted by Crippen LogP contribution is 2.46. The van der Waals surface area contributed by atoms with Crippen LogP contribution in [0.5, 0.6) is 0 Å². The molecule has 1 unspecified atom stereocenters. The SMILES string of the molecule is COC1(N)C(=O)N2C(C(=O)OCc3ccc([N+](=O)[O-])cc3)=C(Cl)CS[C@H]21. The minimum atomic E-state index is -1.49. The number of non-ortho nitro benzene ring substituents is 1. The van der Waals surface area contributed by atoms with Crippen molar-refractivity contribution in [2.24, 2.45) is 5.73 Å². The number of fused-ring (bicyclic) bond motifs is 1. The normalized spacial score (nSPS) is 24.8. The third kappa shape index (κ3) is 2.94. The van der Waals surface area contributed by atoms with Crippen LogP contribution in [0.15, 0.2) is 35.0 Å². The summed E-state index contributed by atoms with van der Waals surface area (Å²) in [5.41, 5.74) is 4.85. The fraction of sp³-hybridized carbons (Fsp3) is 0.333. The number of amides is 1. The maximum absolute atomic E-state index is 12.4. The van der Waals surface area contributed by atoms with Gasteiger partial charge in [-0.3, -0.25) is 25.5 Å². The quantitative estimate of drug-likeness (QED) is 0.258. The maximum Gasteiger partial charge on any atom is 0.356 e. The van der Waals surface area contributed by atoms with Crippen LogP contribution in [0.3, 0.4) is 0 Å². The predicted molar refractivity (Wildman–Crippen MR) is 92.8 cm³/mol. The van der Waals surface area contributed by atoms with Crippen LogP contribution < -0.4 is 5.73 Å². The first-order chi connectivity index (χ1) is 12.3. The van der Waals surface area contributed by atoms with Gasteiger partial charge >= 0.3 is 5.97 Å². The number of benzene rings is 1. The van der Waals surface area contributed by atoms with Crippen molar-refractivity contribution in [1.29, 1.82) is 0 Å². The molecule has 0 saturated carbocycles. The van der Waals surface area contributed by atoms with Gasteiger partial charge in [0.1, 0.15) is 17.7 Å². The molecule has 0 radical (unpaired) electrons. The fourth-order valence-corrected chi connectivity index (χ4v) is 4.22. The number of nitrogens with zero attached hydrogens (tertiary/aromatic N) is 2. The Balaban J connectivity index is 1.71. The number of ether oxygens (including phenoxy) is 2. The van der Waals surface area contributed by atoms with Crippen LogP contribution in [0.1, 0.15) is 5.56 Å². The van der Waals surface area contributed by atoms with Crippen LogP contribution in [0.2, 0.25) is 0 Å². The number of carbonyl (C=O) groups is 2. The van der Waals surface area contributed by atoms with E-state index in [0.717, 1.165) is 0 Å². The molecule has 11 heteroatoms. The second-order valence-corrected chi connectivity index (χ2v) is 7.11. The smallest absolute Gasteiger partial charge is 0.356 e. The average molecular weight is 400 g/mol. The van der Waals surface area contributed by atoms with Crippen molar-refractivity contribution in [2.45, 2.75) is 17.7 Å². The lowest BCUT2D eigenvalue weighted by molar-refractivity contribution is -0.384. The molecule has 2 aliphatic rings. The molecule has 1 amide bonds. The highest BCUT2D eigenvalue weighted by atomic mass is 35.5. The molecule has 3 rings (SSSR count). The summed E-state index contributed by atoms with van der Waals surface area (Å²) in [6, 6.07) is 5.57. The van der Waals surface area contributed by atoms with E-state index in [1.165, 1.54) is 48.0 Å². The molecule has 0 spiro atoms. The third-order valence-electron chi connectivity index (χ3n) is 4.07. The number of halogens is 1. The van der Waals surface area contributed by atoms with Gasteiger partial charge in [0.05, 0.1) is 9.96 Å². The van der Waals surface area contributed by atoms with Gasteiger partial charge < -0.3 is 9.47 Å². The molecule has 26 heavy (non-hydrogen) atoms. The summed E-state index contributed by atoms with van der Waals surface area (Å²) < 4.78 is 10.3. The highest BCUT2D eigenvalue weighted by Gasteiger charge is 2.63. The number of nitro benzene ring substituents is 1. The molecule has 138 valence electrons. The van der Waals surface area contributed by atoms with E-state index in [-0.39, 0.29) is 23.0 Å². The zero-order valence-corrected chi connectivity index (χ0v) is 15.1. The van der Waals surface area contributed by atoms with Crippen molar-refractivity contribution in [3.05, 3.63) is 50.7 Å². The lowest BCUT2D eigenvalue weighted by Gasteiger charge is -2.53. The van der Waals surface area contributed by atoms with Crippen LogP contribution in [0.4, 0.5) is 5.69 Å². The van der Waals surface area contributed by atoms with E-state index in [2.05, 4.69) is 0 Å². The van der Waals surface area contributed by atoms with E-state index in [1.807, 2.05) is 0 Å². The second kappa shape index (κ2) is 6.88. The van der Waals surface area contributed by atoms with E-state index in [1.54, 1.807) is 0 Å². The first kappa shape index (κ1) is 18.6. The van der Waals surface area contributed by atoms with Crippen LogP contribution >= 0.6 is 23.4 Å². The summed E-state index contributed by atoms with van der Waals surface area (Å²) in [5, 5.41) is 10.3. The summed E-state index contributed by atoms with van der Waals surface area (Å²) in [6.45, 7) is -0.123. The zero-order valence-electron chi connectivity index (χ0n) is 13.5. The number of β-lactam (4-membered cyclic amide) rings is 1. The molecule has 0 bridgehead atoms. The largest absolute Gasteiger partial charge is 0.456 e. The Labute approximate surface area is 157 Å². The Morgan fingerprint density at radius 1 is 1.50 bits per heavy atom. The fourth-order valence-electron chi connectivity index (χ4n) is 2.62. The minimum Gasteiger partial charge on any atom is -0.456 e. The number of hydrogen-bond acceptors (Lipinski definition) is 8. The minimum absolute atomic E-state index is 0.0551. The van der Waals surface area contributed by atoms with Gasteiger partial charge in [0.25, 0.3) is 11.6 Å². The molecule has 1 fully saturated rings. The number of hydrogen-bond donors (Lipinski definition) is 1. The van der Waals surface area contributed by atoms with E-state index in [4.69, 9.17) is 26.8 Å². The number of esters is 1. The van der Waals surface area contributed by atoms with Crippen molar-refractivity contribution in [1.82, 2.24) is 4.90 Å². The lowest BCUT2D eigenvalue weighted by Crippen LogP contribution is -2.78. The van der Waals surface area contributed by atoms with Gasteiger partial charge in [-0.25, -0.2) is 4.79 Å². The van der Waals surface area contributed by atoms with Gasteiger partial charge in [0, 0.05) is 25.0 Å². The Morgan fingerprint density at radius 2 is 2.15 bits per heavy atom. The number of methoxy groups -OCH3 is 1. The van der Waals surface area contributed by atoms with Gasteiger partial charge in [-0.2, -0.15) is 0 Å². The topological polar surface area (TPSA) is 125 Å². The molecule has 2 atom stereocenters. The number of nitro groups is 1. The Morgan fingerprint density at radius 3 is 2.73 bits per heavy atom. The van der Waals surface area contributed by atoms with Crippen molar-refractivity contribution >= 4 is 40.9 Å². The maximum atomic E-state index is 12.4. The molecule has 2 N–H and O–H groups in total. The molecule has 2 heterocycles. The second-order valence-electron chi connectivity index (χ2n) is 5.59. The van der Waals surface area contributed by atoms with Crippen LogP contribution in [-0.4, -0.2) is 45.7 Å². The van der Waals surface area contributed by atoms with Crippen molar-refractivity contribution < 1.29 is 24.0 Å². The van der Waals surface area contributed by atoms with Gasteiger partial charge in [-0.15, -0.1) is 11.8 Å². The molecule has 1 aromatic carbocycles. The predicted octanol–water partition coefficient (Wildman–Crippen LogP) is 1.30. The molecule has 0 aromatic heterocycles. The molecule has 9 nitrogen and oxygen atoms in total. The van der Waals surface area contributed by atoms with E-state index < -0.39 is 27.9 Å². The Bertz CT molecular complexity index is 814. The number of nitrogens with two attached hydrogens (primary N) is 1. The Kier molecular flexibility index (Phi) is 4.93. The first-order valence-electron chi connectivity index (χ1n) is 7.38. The Hall–Kier alpha value is -2.14. The van der Waals surface area contributed by atoms with Gasteiger partial charge in [-0.05, 0) is 17.7 Å². The molecule has 2 aliphatic heterocycles. The summed E-state index contributed by atoms with van der Waals surface area (Å²) in [4.78, 5) is 36.0. The van der Waals surface area contributed by atoms with Crippen molar-refractivity contribution in [3.63, 3.8) is 0 Å². The molecular formula is C15H14ClN3O6S. The lowest BCUT2D eigenvalue weighted by atomic mass is 10.0. The average Bonchev–Trinajstić information content (AvgIpc) is 2.65. The third-order valence-corrected chi connectivity index (χ3v) is 5.87. The van der Waals surface area contributed by atoms with Gasteiger partial charge in [0.2, 0.25) is 5.72 Å². The number of carbonyl (C=O) groups excluding carboxylic acids is 2. The summed E-state index contributed by atoms with van der Waals surface area (Å²) in [5.74, 6) is -1.05. The highest BCUT2D eigenvalue weighted by molar-refractivity contribution is 8.00. The number of rotatable bonds is 5. The van der Waals surface area contributed by atoms with Gasteiger partial charge in [-0.1, -0.05) is 11.6 Å². The monoisotopic (exact) mass is 399 g/mol. The molecular weight excluding hydrogens is 386 g/mol. The van der Waals surface area contributed by atoms with Crippen LogP contribution in [-0.2, 0) is 25.7 Å². The van der Waals surface area contributed by atoms with Crippen molar-refractivity contribution in [2.75, 3.05) is 12.9 Å². The van der Waals surface area contributed by atoms with Crippen LogP contribution in [0, 0.1) is 10.1 Å². The molecule has 0 aliphatic carbocycles. The van der Waals surface area contributed by atoms with Crippen LogP contribution in [0.25, 0.3) is 0 Å². The zero-order chi connectivity index (χ0) is 19.1. The summed E-state index contributed by atoms with van der Waals surface area (Å²) >= 11 is 7.41.